The van der Waals surface area contributed by atoms with E-state index in [-0.39, 0.29) is 23.1 Å². The van der Waals surface area contributed by atoms with Gasteiger partial charge in [-0.3, -0.25) is 0 Å². The zero-order valence-electron chi connectivity index (χ0n) is 20.1. The zero-order valence-corrected chi connectivity index (χ0v) is 20.9. The van der Waals surface area contributed by atoms with Gasteiger partial charge in [-0.25, -0.2) is 23.2 Å². The van der Waals surface area contributed by atoms with Crippen molar-refractivity contribution in [3.05, 3.63) is 24.2 Å². The van der Waals surface area contributed by atoms with E-state index in [9.17, 15) is 18.3 Å². The Balaban J connectivity index is 1.98. The van der Waals surface area contributed by atoms with E-state index in [1.165, 1.54) is 17.3 Å². The Morgan fingerprint density at radius 1 is 1.26 bits per heavy atom. The first kappa shape index (κ1) is 25.5. The molecule has 11 nitrogen and oxygen atoms in total. The van der Waals surface area contributed by atoms with Crippen molar-refractivity contribution in [2.75, 3.05) is 30.9 Å². The summed E-state index contributed by atoms with van der Waals surface area (Å²) in [6.07, 6.45) is 2.46. The summed E-state index contributed by atoms with van der Waals surface area (Å²) in [6.45, 7) is 8.67. The Morgan fingerprint density at radius 2 is 1.94 bits per heavy atom. The molecule has 0 aliphatic carbocycles. The van der Waals surface area contributed by atoms with Gasteiger partial charge in [0.25, 0.3) is 5.88 Å². The van der Waals surface area contributed by atoms with E-state index in [1.54, 1.807) is 13.0 Å². The van der Waals surface area contributed by atoms with Gasteiger partial charge in [0.05, 0.1) is 18.0 Å². The van der Waals surface area contributed by atoms with Crippen LogP contribution in [-0.2, 0) is 9.84 Å². The number of nitrogens with zero attached hydrogens (tertiary/aromatic N) is 5. The minimum Gasteiger partial charge on any atom is -0.486 e. The lowest BCUT2D eigenvalue weighted by atomic mass is 10.1. The molecule has 0 saturated carbocycles. The highest BCUT2D eigenvalue weighted by molar-refractivity contribution is 7.90. The zero-order chi connectivity index (χ0) is 25.0. The number of amides is 1. The highest BCUT2D eigenvalue weighted by Gasteiger charge is 2.29. The molecule has 186 valence electrons. The molecule has 1 amide bonds. The van der Waals surface area contributed by atoms with Crippen LogP contribution in [0.1, 0.15) is 39.3 Å². The number of carboxylic acid groups (broad SMARTS) is 1. The first-order chi connectivity index (χ1) is 16.0. The van der Waals surface area contributed by atoms with Crippen LogP contribution in [-0.4, -0.2) is 77.6 Å². The van der Waals surface area contributed by atoms with E-state index in [0.717, 1.165) is 6.26 Å². The SMILES string of the molecule is CCOc1c(OC2CCN(C(=O)O)CC2)ncnc1N(c1ccc(S(C)(=O)=O)nc1C)C(C)C. The molecule has 1 aliphatic heterocycles. The average molecular weight is 494 g/mol. The topological polar surface area (TPSA) is 135 Å². The van der Waals surface area contributed by atoms with Gasteiger partial charge in [-0.2, -0.15) is 4.98 Å². The maximum Gasteiger partial charge on any atom is 0.407 e. The number of likely N-dealkylation sites (tertiary alicyclic amines) is 1. The van der Waals surface area contributed by atoms with Crippen LogP contribution in [0.15, 0.2) is 23.5 Å². The van der Waals surface area contributed by atoms with Crippen LogP contribution in [0.25, 0.3) is 0 Å². The van der Waals surface area contributed by atoms with Crippen molar-refractivity contribution in [3.8, 4) is 11.6 Å². The number of aromatic nitrogens is 3. The van der Waals surface area contributed by atoms with Gasteiger partial charge in [-0.1, -0.05) is 0 Å². The van der Waals surface area contributed by atoms with Gasteiger partial charge in [-0.05, 0) is 39.8 Å². The highest BCUT2D eigenvalue weighted by Crippen LogP contribution is 2.40. The van der Waals surface area contributed by atoms with E-state index in [2.05, 4.69) is 15.0 Å². The Hall–Kier alpha value is -3.15. The number of pyridine rings is 1. The molecule has 3 rings (SSSR count). The fraction of sp³-hybridized carbons (Fsp3) is 0.545. The number of aryl methyl sites for hydroxylation is 1. The van der Waals surface area contributed by atoms with Gasteiger partial charge in [0.1, 0.15) is 12.4 Å². The molecular weight excluding hydrogens is 462 g/mol. The molecule has 0 atom stereocenters. The Morgan fingerprint density at radius 3 is 2.47 bits per heavy atom. The van der Waals surface area contributed by atoms with Gasteiger partial charge < -0.3 is 24.4 Å². The van der Waals surface area contributed by atoms with E-state index in [0.29, 0.717) is 55.5 Å². The van der Waals surface area contributed by atoms with E-state index < -0.39 is 15.9 Å². The van der Waals surface area contributed by atoms with Crippen LogP contribution in [0.3, 0.4) is 0 Å². The summed E-state index contributed by atoms with van der Waals surface area (Å²) >= 11 is 0. The normalized spacial score (nSPS) is 14.8. The number of hydrogen-bond donors (Lipinski definition) is 1. The summed E-state index contributed by atoms with van der Waals surface area (Å²) in [5.74, 6) is 1.12. The van der Waals surface area contributed by atoms with Gasteiger partial charge in [0.2, 0.25) is 5.75 Å². The fourth-order valence-electron chi connectivity index (χ4n) is 3.83. The van der Waals surface area contributed by atoms with Crippen molar-refractivity contribution in [3.63, 3.8) is 0 Å². The smallest absolute Gasteiger partial charge is 0.407 e. The first-order valence-corrected chi connectivity index (χ1v) is 13.0. The van der Waals surface area contributed by atoms with Crippen molar-refractivity contribution >= 4 is 27.4 Å². The summed E-state index contributed by atoms with van der Waals surface area (Å²) in [7, 11) is -3.44. The van der Waals surface area contributed by atoms with Crippen LogP contribution in [0.4, 0.5) is 16.3 Å². The molecule has 1 fully saturated rings. The van der Waals surface area contributed by atoms with Gasteiger partial charge in [-0.15, -0.1) is 0 Å². The molecule has 3 heterocycles. The third kappa shape index (κ3) is 5.66. The summed E-state index contributed by atoms with van der Waals surface area (Å²) in [6, 6.07) is 3.10. The Bertz CT molecular complexity index is 1130. The second kappa shape index (κ2) is 10.4. The second-order valence-electron chi connectivity index (χ2n) is 8.34. The molecular formula is C22H31N5O6S. The number of sulfone groups is 1. The quantitative estimate of drug-likeness (QED) is 0.584. The summed E-state index contributed by atoms with van der Waals surface area (Å²) in [4.78, 5) is 27.5. The number of rotatable bonds is 8. The third-order valence-electron chi connectivity index (χ3n) is 5.45. The molecule has 1 aliphatic rings. The average Bonchev–Trinajstić information content (AvgIpc) is 2.76. The second-order valence-corrected chi connectivity index (χ2v) is 10.3. The largest absolute Gasteiger partial charge is 0.486 e. The molecule has 2 aromatic rings. The molecule has 1 N–H and O–H groups in total. The van der Waals surface area contributed by atoms with Crippen LogP contribution >= 0.6 is 0 Å². The fourth-order valence-corrected chi connectivity index (χ4v) is 4.44. The lowest BCUT2D eigenvalue weighted by molar-refractivity contribution is 0.0846. The summed E-state index contributed by atoms with van der Waals surface area (Å²) < 4.78 is 35.9. The summed E-state index contributed by atoms with van der Waals surface area (Å²) in [5, 5.41) is 9.17. The van der Waals surface area contributed by atoms with Crippen molar-refractivity contribution in [2.45, 2.75) is 57.7 Å². The van der Waals surface area contributed by atoms with Crippen LogP contribution in [0.5, 0.6) is 11.6 Å². The maximum atomic E-state index is 11.9. The lowest BCUT2D eigenvalue weighted by Gasteiger charge is -2.32. The van der Waals surface area contributed by atoms with E-state index >= 15 is 0 Å². The number of anilines is 2. The lowest BCUT2D eigenvalue weighted by Crippen LogP contribution is -2.41. The monoisotopic (exact) mass is 493 g/mol. The van der Waals surface area contributed by atoms with Crippen LogP contribution < -0.4 is 14.4 Å². The molecule has 1 saturated heterocycles. The third-order valence-corrected chi connectivity index (χ3v) is 6.44. The molecule has 2 aromatic heterocycles. The minimum atomic E-state index is -3.44. The Labute approximate surface area is 199 Å². The van der Waals surface area contributed by atoms with Crippen molar-refractivity contribution in [1.29, 1.82) is 0 Å². The minimum absolute atomic E-state index is 0.00176. The predicted octanol–water partition coefficient (Wildman–Crippen LogP) is 3.05. The molecule has 12 heteroatoms. The predicted molar refractivity (Wildman–Crippen MR) is 126 cm³/mol. The molecule has 0 aromatic carbocycles. The Kier molecular flexibility index (Phi) is 7.80. The van der Waals surface area contributed by atoms with Crippen LogP contribution in [0.2, 0.25) is 0 Å². The number of piperidine rings is 1. The van der Waals surface area contributed by atoms with E-state index in [1.807, 2.05) is 25.7 Å². The number of hydrogen-bond acceptors (Lipinski definition) is 9. The van der Waals surface area contributed by atoms with Crippen molar-refractivity contribution < 1.29 is 27.8 Å². The highest BCUT2D eigenvalue weighted by atomic mass is 32.2. The summed E-state index contributed by atoms with van der Waals surface area (Å²) in [5.41, 5.74) is 1.21. The van der Waals surface area contributed by atoms with Crippen molar-refractivity contribution in [2.24, 2.45) is 0 Å². The van der Waals surface area contributed by atoms with Crippen molar-refractivity contribution in [1.82, 2.24) is 19.9 Å². The van der Waals surface area contributed by atoms with Gasteiger partial charge in [0.15, 0.2) is 20.7 Å². The molecule has 34 heavy (non-hydrogen) atoms. The van der Waals surface area contributed by atoms with E-state index in [4.69, 9.17) is 9.47 Å². The molecule has 0 unspecified atom stereocenters. The number of ether oxygens (including phenoxy) is 2. The van der Waals surface area contributed by atoms with Crippen LogP contribution in [0, 0.1) is 6.92 Å². The first-order valence-electron chi connectivity index (χ1n) is 11.1. The molecule has 0 bridgehead atoms. The maximum absolute atomic E-state index is 11.9. The number of carbonyl (C=O) groups is 1. The standard InChI is InChI=1S/C22H31N5O6S/c1-6-32-19-20(23-13-24-21(19)33-16-9-11-26(12-10-16)22(28)29)27(14(2)3)17-7-8-18(25-15(17)4)34(5,30)31/h7-8,13-14,16H,6,9-12H2,1-5H3,(H,28,29). The van der Waals surface area contributed by atoms with Gasteiger partial charge in [0, 0.05) is 38.2 Å². The van der Waals surface area contributed by atoms with Gasteiger partial charge >= 0.3 is 6.09 Å². The molecule has 0 spiro atoms. The molecule has 0 radical (unpaired) electrons.